The number of halogens is 2. The molecule has 2 aromatic carbocycles. The number of ether oxygens (including phenoxy) is 2. The van der Waals surface area contributed by atoms with E-state index < -0.39 is 5.82 Å². The van der Waals surface area contributed by atoms with Gasteiger partial charge < -0.3 is 14.8 Å². The predicted molar refractivity (Wildman–Crippen MR) is 86.6 cm³/mol. The van der Waals surface area contributed by atoms with Crippen LogP contribution < -0.4 is 14.8 Å². The van der Waals surface area contributed by atoms with Gasteiger partial charge in [0.15, 0.2) is 6.61 Å². The van der Waals surface area contributed by atoms with E-state index in [2.05, 4.69) is 5.32 Å². The number of carbonyl (C=O) groups excluding carboxylic acids is 1. The van der Waals surface area contributed by atoms with Gasteiger partial charge in [-0.05, 0) is 36.2 Å². The van der Waals surface area contributed by atoms with Crippen LogP contribution in [0, 0.1) is 5.82 Å². The number of amides is 1. The van der Waals surface area contributed by atoms with E-state index in [-0.39, 0.29) is 12.5 Å². The number of rotatable bonds is 7. The van der Waals surface area contributed by atoms with Crippen molar-refractivity contribution in [3.8, 4) is 11.5 Å². The van der Waals surface area contributed by atoms with Gasteiger partial charge in [0, 0.05) is 12.6 Å². The van der Waals surface area contributed by atoms with Crippen LogP contribution in [-0.4, -0.2) is 26.2 Å². The van der Waals surface area contributed by atoms with Crippen LogP contribution in [0.1, 0.15) is 5.56 Å². The van der Waals surface area contributed by atoms with Crippen molar-refractivity contribution in [2.45, 2.75) is 6.42 Å². The molecule has 2 rings (SSSR count). The van der Waals surface area contributed by atoms with Crippen LogP contribution in [0.3, 0.4) is 0 Å². The molecule has 0 aliphatic carbocycles. The van der Waals surface area contributed by atoms with Gasteiger partial charge >= 0.3 is 0 Å². The Hall–Kier alpha value is -2.27. The van der Waals surface area contributed by atoms with Gasteiger partial charge in [0.1, 0.15) is 17.3 Å². The van der Waals surface area contributed by atoms with Crippen molar-refractivity contribution < 1.29 is 18.7 Å². The lowest BCUT2D eigenvalue weighted by molar-refractivity contribution is -0.123. The molecule has 0 bridgehead atoms. The highest BCUT2D eigenvalue weighted by molar-refractivity contribution is 6.32. The molecule has 0 heterocycles. The molecule has 0 fully saturated rings. The van der Waals surface area contributed by atoms with Gasteiger partial charge in [-0.2, -0.15) is 0 Å². The maximum atomic E-state index is 13.0. The molecule has 4 nitrogen and oxygen atoms in total. The van der Waals surface area contributed by atoms with Gasteiger partial charge in [-0.25, -0.2) is 4.39 Å². The number of benzene rings is 2. The molecule has 0 saturated heterocycles. The Labute approximate surface area is 139 Å². The third-order valence-electron chi connectivity index (χ3n) is 3.12. The van der Waals surface area contributed by atoms with Gasteiger partial charge in [0.05, 0.1) is 12.1 Å². The Morgan fingerprint density at radius 3 is 2.78 bits per heavy atom. The highest BCUT2D eigenvalue weighted by atomic mass is 35.5. The summed E-state index contributed by atoms with van der Waals surface area (Å²) in [5.74, 6) is 0.262. The van der Waals surface area contributed by atoms with Crippen molar-refractivity contribution in [1.82, 2.24) is 5.32 Å². The predicted octanol–water partition coefficient (Wildman–Crippen LogP) is 3.23. The minimum atomic E-state index is -0.403. The van der Waals surface area contributed by atoms with Gasteiger partial charge in [0.2, 0.25) is 0 Å². The minimum absolute atomic E-state index is 0.160. The molecule has 0 aromatic heterocycles. The molecule has 23 heavy (non-hydrogen) atoms. The molecule has 0 radical (unpaired) electrons. The Bertz CT molecular complexity index is 679. The fourth-order valence-corrected chi connectivity index (χ4v) is 2.25. The van der Waals surface area contributed by atoms with E-state index >= 15 is 0 Å². The fourth-order valence-electron chi connectivity index (χ4n) is 1.97. The lowest BCUT2D eigenvalue weighted by atomic mass is 10.1. The molecule has 122 valence electrons. The molecule has 0 atom stereocenters. The van der Waals surface area contributed by atoms with Gasteiger partial charge in [0.25, 0.3) is 5.91 Å². The number of methoxy groups -OCH3 is 1. The smallest absolute Gasteiger partial charge is 0.257 e. The summed E-state index contributed by atoms with van der Waals surface area (Å²) in [6.07, 6.45) is 0.634. The maximum Gasteiger partial charge on any atom is 0.257 e. The summed E-state index contributed by atoms with van der Waals surface area (Å²) in [6, 6.07) is 11.1. The van der Waals surface area contributed by atoms with Gasteiger partial charge in [-0.15, -0.1) is 0 Å². The van der Waals surface area contributed by atoms with E-state index in [0.29, 0.717) is 29.5 Å². The number of carbonyl (C=O) groups is 1. The summed E-state index contributed by atoms with van der Waals surface area (Å²) in [6.45, 7) is 0.292. The van der Waals surface area contributed by atoms with Gasteiger partial charge in [-0.1, -0.05) is 23.7 Å². The molecule has 2 aromatic rings. The summed E-state index contributed by atoms with van der Waals surface area (Å²) in [7, 11) is 1.56. The first-order valence-corrected chi connectivity index (χ1v) is 7.44. The Morgan fingerprint density at radius 1 is 1.26 bits per heavy atom. The molecule has 0 aliphatic heterocycles. The summed E-state index contributed by atoms with van der Waals surface area (Å²) < 4.78 is 23.3. The van der Waals surface area contributed by atoms with Crippen molar-refractivity contribution in [1.29, 1.82) is 0 Å². The van der Waals surface area contributed by atoms with Gasteiger partial charge in [-0.3, -0.25) is 4.79 Å². The second-order valence-corrected chi connectivity index (χ2v) is 5.22. The zero-order valence-electron chi connectivity index (χ0n) is 12.6. The first kappa shape index (κ1) is 17.1. The molecule has 0 saturated carbocycles. The number of hydrogen-bond donors (Lipinski definition) is 1. The second kappa shape index (κ2) is 8.39. The van der Waals surface area contributed by atoms with E-state index in [4.69, 9.17) is 21.1 Å². The SMILES string of the molecule is COc1ccc(CCNC(=O)COc2cccc(F)c2)cc1Cl. The molecule has 0 unspecified atom stereocenters. The quantitative estimate of drug-likeness (QED) is 0.844. The fraction of sp³-hybridized carbons (Fsp3) is 0.235. The van der Waals surface area contributed by atoms with Crippen LogP contribution in [0.25, 0.3) is 0 Å². The van der Waals surface area contributed by atoms with Crippen molar-refractivity contribution in [2.75, 3.05) is 20.3 Å². The lowest BCUT2D eigenvalue weighted by Gasteiger charge is -2.09. The Kier molecular flexibility index (Phi) is 6.23. The van der Waals surface area contributed by atoms with Crippen LogP contribution >= 0.6 is 11.6 Å². The summed E-state index contributed by atoms with van der Waals surface area (Å²) >= 11 is 6.04. The average molecular weight is 338 g/mol. The highest BCUT2D eigenvalue weighted by Gasteiger charge is 2.05. The Balaban J connectivity index is 1.73. The number of hydrogen-bond acceptors (Lipinski definition) is 3. The summed E-state index contributed by atoms with van der Waals surface area (Å²) in [5, 5.41) is 3.27. The molecular formula is C17H17ClFNO3. The topological polar surface area (TPSA) is 47.6 Å². The summed E-state index contributed by atoms with van der Waals surface area (Å²) in [4.78, 5) is 11.7. The maximum absolute atomic E-state index is 13.0. The van der Waals surface area contributed by atoms with E-state index in [0.717, 1.165) is 5.56 Å². The monoisotopic (exact) mass is 337 g/mol. The van der Waals surface area contributed by atoms with E-state index in [9.17, 15) is 9.18 Å². The van der Waals surface area contributed by atoms with Crippen LogP contribution in [-0.2, 0) is 11.2 Å². The molecule has 0 spiro atoms. The van der Waals surface area contributed by atoms with E-state index in [1.807, 2.05) is 6.07 Å². The molecule has 1 amide bonds. The first-order chi connectivity index (χ1) is 11.1. The molecule has 1 N–H and O–H groups in total. The van der Waals surface area contributed by atoms with Crippen molar-refractivity contribution in [2.24, 2.45) is 0 Å². The second-order valence-electron chi connectivity index (χ2n) is 4.81. The largest absolute Gasteiger partial charge is 0.495 e. The van der Waals surface area contributed by atoms with Crippen molar-refractivity contribution in [3.05, 3.63) is 58.9 Å². The van der Waals surface area contributed by atoms with Crippen molar-refractivity contribution in [3.63, 3.8) is 0 Å². The minimum Gasteiger partial charge on any atom is -0.495 e. The zero-order chi connectivity index (χ0) is 16.7. The summed E-state index contributed by atoms with van der Waals surface area (Å²) in [5.41, 5.74) is 0.988. The van der Waals surface area contributed by atoms with Crippen LogP contribution in [0.4, 0.5) is 4.39 Å². The number of nitrogens with one attached hydrogen (secondary N) is 1. The van der Waals surface area contributed by atoms with Crippen LogP contribution in [0.2, 0.25) is 5.02 Å². The van der Waals surface area contributed by atoms with E-state index in [1.54, 1.807) is 25.3 Å². The van der Waals surface area contributed by atoms with Crippen LogP contribution in [0.15, 0.2) is 42.5 Å². The lowest BCUT2D eigenvalue weighted by Crippen LogP contribution is -2.30. The first-order valence-electron chi connectivity index (χ1n) is 7.06. The van der Waals surface area contributed by atoms with Crippen LogP contribution in [0.5, 0.6) is 11.5 Å². The normalized spacial score (nSPS) is 10.2. The zero-order valence-corrected chi connectivity index (χ0v) is 13.4. The molecular weight excluding hydrogens is 321 g/mol. The molecule has 0 aliphatic rings. The standard InChI is InChI=1S/C17H17ClFNO3/c1-22-16-6-5-12(9-15(16)18)7-8-20-17(21)11-23-14-4-2-3-13(19)10-14/h2-6,9-10H,7-8,11H2,1H3,(H,20,21). The average Bonchev–Trinajstić information content (AvgIpc) is 2.53. The van der Waals surface area contributed by atoms with Crippen molar-refractivity contribution >= 4 is 17.5 Å². The third-order valence-corrected chi connectivity index (χ3v) is 3.41. The third kappa shape index (κ3) is 5.45. The molecule has 6 heteroatoms. The van der Waals surface area contributed by atoms with E-state index in [1.165, 1.54) is 18.2 Å². The highest BCUT2D eigenvalue weighted by Crippen LogP contribution is 2.24. The Morgan fingerprint density at radius 2 is 2.09 bits per heavy atom.